The van der Waals surface area contributed by atoms with Crippen LogP contribution in [-0.2, 0) is 30.9 Å². The van der Waals surface area contributed by atoms with E-state index in [1.54, 1.807) is 20.0 Å². The van der Waals surface area contributed by atoms with Gasteiger partial charge in [-0.15, -0.1) is 4.73 Å². The molecule has 0 bridgehead atoms. The average molecular weight is 938 g/mol. The molecule has 2 aromatic rings. The number of carbonyl (C=O) groups excluding carboxylic acids is 4. The van der Waals surface area contributed by atoms with Crippen LogP contribution < -0.4 is 20.8 Å². The van der Waals surface area contributed by atoms with E-state index in [1.165, 1.54) is 12.1 Å². The number of nitrogens with zero attached hydrogens (tertiary/aromatic N) is 5. The number of urea groups is 1. The zero-order chi connectivity index (χ0) is 48.1. The maximum atomic E-state index is 16.8. The zero-order valence-electron chi connectivity index (χ0n) is 38.6. The van der Waals surface area contributed by atoms with E-state index < -0.39 is 64.5 Å². The molecule has 4 amide bonds. The number of quaternary nitrogens is 1. The lowest BCUT2D eigenvalue weighted by molar-refractivity contribution is -0.870. The molecule has 0 saturated carbocycles. The van der Waals surface area contributed by atoms with Crippen molar-refractivity contribution in [2.75, 3.05) is 60.1 Å². The highest BCUT2D eigenvalue weighted by Crippen LogP contribution is 2.39. The molecule has 0 fully saturated rings. The van der Waals surface area contributed by atoms with Crippen LogP contribution in [0.3, 0.4) is 0 Å². The molecule has 0 radical (unpaired) electrons. The second-order valence-electron chi connectivity index (χ2n) is 18.0. The number of aromatic nitrogens is 2. The SMILES string of the molecule is CCCCCCCC1=CC(CCC(=O)NC(=O)NC(CS(=O)(=O)O)C(=O)NCCN(C)CCCCCC(=O)On2c(O)ccc2O)=[N+]2C1=Cc1c(CCC[N+](C)(C)C)cc(C)n1[B-]2(F)F. The van der Waals surface area contributed by atoms with Crippen molar-refractivity contribution in [1.29, 1.82) is 0 Å². The Hall–Kier alpha value is -5.06. The minimum atomic E-state index is -4.77. The minimum absolute atomic E-state index is 0.0313. The van der Waals surface area contributed by atoms with E-state index >= 15 is 8.63 Å². The van der Waals surface area contributed by atoms with Gasteiger partial charge in [0.25, 0.3) is 10.1 Å². The van der Waals surface area contributed by atoms with Crippen LogP contribution in [0.1, 0.15) is 107 Å². The molecule has 2 aliphatic rings. The van der Waals surface area contributed by atoms with Gasteiger partial charge < -0.3 is 52.7 Å². The quantitative estimate of drug-likeness (QED) is 0.0324. The zero-order valence-corrected chi connectivity index (χ0v) is 39.4. The molecule has 0 aliphatic carbocycles. The third-order valence-electron chi connectivity index (χ3n) is 11.4. The second kappa shape index (κ2) is 23.4. The van der Waals surface area contributed by atoms with Crippen LogP contribution in [0.4, 0.5) is 13.4 Å². The Morgan fingerprint density at radius 3 is 2.26 bits per heavy atom. The molecule has 2 aromatic heterocycles. The van der Waals surface area contributed by atoms with Crippen molar-refractivity contribution in [3.05, 3.63) is 52.5 Å². The first-order valence-corrected chi connectivity index (χ1v) is 24.1. The summed E-state index contributed by atoms with van der Waals surface area (Å²) in [6.45, 7) is 1.24. The van der Waals surface area contributed by atoms with Gasteiger partial charge >= 0.3 is 19.0 Å². The van der Waals surface area contributed by atoms with Crippen molar-refractivity contribution >= 4 is 52.7 Å². The van der Waals surface area contributed by atoms with Gasteiger partial charge in [-0.3, -0.25) is 19.5 Å². The van der Waals surface area contributed by atoms with Crippen molar-refractivity contribution in [3.63, 3.8) is 0 Å². The van der Waals surface area contributed by atoms with Gasteiger partial charge in [-0.25, -0.2) is 9.59 Å². The number of rotatable bonds is 27. The first kappa shape index (κ1) is 52.6. The fourth-order valence-electron chi connectivity index (χ4n) is 8.09. The number of allylic oxidation sites excluding steroid dienone is 2. The average Bonchev–Trinajstić information content (AvgIpc) is 3.84. The molecule has 4 rings (SSSR count). The van der Waals surface area contributed by atoms with E-state index in [4.69, 9.17) is 4.84 Å². The summed E-state index contributed by atoms with van der Waals surface area (Å²) in [5.74, 6) is -4.44. The van der Waals surface area contributed by atoms with Crippen molar-refractivity contribution in [2.45, 2.75) is 110 Å². The smallest absolute Gasteiger partial charge is 0.492 e. The number of unbranched alkanes of at least 4 members (excludes halogenated alkanes) is 6. The summed E-state index contributed by atoms with van der Waals surface area (Å²) in [6, 6.07) is 1.19. The lowest BCUT2D eigenvalue weighted by Gasteiger charge is -2.31. The fraction of sp³-hybridized carbons (Fsp3) is 0.605. The lowest BCUT2D eigenvalue weighted by atomic mass is 9.88. The molecule has 22 heteroatoms. The van der Waals surface area contributed by atoms with Crippen LogP contribution in [0.25, 0.3) is 6.08 Å². The molecule has 2 aliphatic heterocycles. The van der Waals surface area contributed by atoms with Crippen LogP contribution in [0, 0.1) is 6.92 Å². The number of aryl methyl sites for hydroxylation is 2. The van der Waals surface area contributed by atoms with Gasteiger partial charge in [-0.1, -0.05) is 39.0 Å². The summed E-state index contributed by atoms with van der Waals surface area (Å²) in [6.07, 6.45) is 11.9. The van der Waals surface area contributed by atoms with Crippen LogP contribution in [-0.4, -0.2) is 149 Å². The van der Waals surface area contributed by atoms with E-state index in [-0.39, 0.29) is 31.5 Å². The van der Waals surface area contributed by atoms with Crippen LogP contribution in [0.5, 0.6) is 11.8 Å². The van der Waals surface area contributed by atoms with Crippen LogP contribution in [0.2, 0.25) is 0 Å². The fourth-order valence-corrected chi connectivity index (χ4v) is 8.75. The number of fused-ring (bicyclic) bond motifs is 2. The molecular weight excluding hydrogens is 869 g/mol. The molecule has 1 unspecified atom stereocenters. The molecule has 4 heterocycles. The highest BCUT2D eigenvalue weighted by Gasteiger charge is 2.54. The molecular formula is C43H68BF2N8O10S+. The highest BCUT2D eigenvalue weighted by atomic mass is 32.2. The van der Waals surface area contributed by atoms with Crippen molar-refractivity contribution in [1.82, 2.24) is 30.1 Å². The Morgan fingerprint density at radius 1 is 0.923 bits per heavy atom. The van der Waals surface area contributed by atoms with Crippen LogP contribution in [0.15, 0.2) is 35.5 Å². The molecule has 1 atom stereocenters. The maximum Gasteiger partial charge on any atom is 0.737 e. The van der Waals surface area contributed by atoms with Gasteiger partial charge in [0.05, 0.1) is 27.7 Å². The number of halogens is 2. The second-order valence-corrected chi connectivity index (χ2v) is 19.5. The molecule has 362 valence electrons. The predicted octanol–water partition coefficient (Wildman–Crippen LogP) is 4.11. The van der Waals surface area contributed by atoms with Crippen molar-refractivity contribution in [2.24, 2.45) is 0 Å². The van der Waals surface area contributed by atoms with E-state index in [0.717, 1.165) is 69.7 Å². The molecule has 0 saturated heterocycles. The number of imide groups is 1. The number of nitrogens with one attached hydrogen (secondary N) is 3. The molecule has 65 heavy (non-hydrogen) atoms. The Balaban J connectivity index is 1.32. The third-order valence-corrected chi connectivity index (χ3v) is 12.1. The van der Waals surface area contributed by atoms with Crippen molar-refractivity contribution < 1.29 is 64.8 Å². The first-order valence-electron chi connectivity index (χ1n) is 22.4. The van der Waals surface area contributed by atoms with E-state index in [0.29, 0.717) is 67.0 Å². The Labute approximate surface area is 380 Å². The van der Waals surface area contributed by atoms with Crippen molar-refractivity contribution in [3.8, 4) is 11.8 Å². The Bertz CT molecular complexity index is 2210. The molecule has 18 nitrogen and oxygen atoms in total. The van der Waals surface area contributed by atoms with Gasteiger partial charge in [0, 0.05) is 74.3 Å². The summed E-state index contributed by atoms with van der Waals surface area (Å²) >= 11 is 0. The van der Waals surface area contributed by atoms with Gasteiger partial charge in [0.15, 0.2) is 5.70 Å². The summed E-state index contributed by atoms with van der Waals surface area (Å²) in [7, 11) is 3.28. The standard InChI is InChI=1S/C43H67BF2N8O10S/c1-7-8-9-10-12-16-33-28-34(52-37(33)29-36-32(17-15-26-54(4,5)6)27-31(2)51(36)44(52,45)46)19-20-38(55)49-43(60)48-35(30-65(61,62)63)42(59)47-23-25-50(3)24-14-11-13-18-41(58)64-53-39(56)21-22-40(53)57/h21-22,27-29,35H,7-20,23-26,30H2,1-6H3,(H5-,47,48,49,55,56,57,59,60,61,62,63)/p+1. The third kappa shape index (κ3) is 15.8. The molecule has 0 spiro atoms. The number of hydrogen-bond donors (Lipinski definition) is 6. The number of likely N-dealkylation sites (N-methyl/N-ethyl adjacent to an activating group) is 1. The largest absolute Gasteiger partial charge is 0.737 e. The monoisotopic (exact) mass is 937 g/mol. The first-order chi connectivity index (χ1) is 30.5. The highest BCUT2D eigenvalue weighted by molar-refractivity contribution is 7.85. The molecule has 6 N–H and O–H groups in total. The summed E-state index contributed by atoms with van der Waals surface area (Å²) in [5.41, 5.74) is 3.20. The predicted molar refractivity (Wildman–Crippen MR) is 243 cm³/mol. The lowest BCUT2D eigenvalue weighted by Crippen LogP contribution is -2.54. The summed E-state index contributed by atoms with van der Waals surface area (Å²) < 4.78 is 70.2. The topological polar surface area (TPSA) is 225 Å². The van der Waals surface area contributed by atoms with E-state index in [9.17, 15) is 42.4 Å². The number of hydrogen-bond acceptors (Lipinski definition) is 10. The summed E-state index contributed by atoms with van der Waals surface area (Å²) in [5, 5.41) is 25.9. The number of aromatic hydroxyl groups is 2. The maximum absolute atomic E-state index is 16.8. The van der Waals surface area contributed by atoms with E-state index in [1.807, 2.05) is 17.0 Å². The molecule has 0 aromatic carbocycles. The number of amides is 4. The van der Waals surface area contributed by atoms with Gasteiger partial charge in [-0.2, -0.15) is 8.42 Å². The minimum Gasteiger partial charge on any atom is -0.492 e. The Morgan fingerprint density at radius 2 is 1.60 bits per heavy atom. The number of carbonyl (C=O) groups is 4. The van der Waals surface area contributed by atoms with Gasteiger partial charge in [0.1, 0.15) is 17.5 Å². The Kier molecular flexibility index (Phi) is 18.9. The van der Waals surface area contributed by atoms with Gasteiger partial charge in [-0.05, 0) is 69.9 Å². The van der Waals surface area contributed by atoms with Crippen LogP contribution >= 0.6 is 0 Å². The summed E-state index contributed by atoms with van der Waals surface area (Å²) in [4.78, 5) is 57.8. The normalized spacial score (nSPS) is 15.0. The van der Waals surface area contributed by atoms with Gasteiger partial charge in [0.2, 0.25) is 23.6 Å². The van der Waals surface area contributed by atoms with E-state index in [2.05, 4.69) is 44.0 Å².